The molecule has 0 fully saturated rings. The van der Waals surface area contributed by atoms with Gasteiger partial charge in [0.1, 0.15) is 6.04 Å². The average molecular weight is 456 g/mol. The molecule has 4 aromatic rings. The van der Waals surface area contributed by atoms with E-state index in [9.17, 15) is 9.59 Å². The summed E-state index contributed by atoms with van der Waals surface area (Å²) < 4.78 is 10.8. The van der Waals surface area contributed by atoms with Crippen LogP contribution in [-0.2, 0) is 16.0 Å². The highest BCUT2D eigenvalue weighted by Gasteiger charge is 2.29. The van der Waals surface area contributed by atoms with Gasteiger partial charge in [-0.1, -0.05) is 48.0 Å². The summed E-state index contributed by atoms with van der Waals surface area (Å²) in [6.07, 6.45) is 2.03. The number of aryl methyl sites for hydroxylation is 1. The van der Waals surface area contributed by atoms with E-state index in [-0.39, 0.29) is 25.0 Å². The average Bonchev–Trinajstić information content (AvgIpc) is 3.47. The van der Waals surface area contributed by atoms with E-state index in [1.165, 1.54) is 4.90 Å². The molecule has 3 aromatic carbocycles. The van der Waals surface area contributed by atoms with Gasteiger partial charge in [-0.3, -0.25) is 9.59 Å². The van der Waals surface area contributed by atoms with Crippen molar-refractivity contribution in [3.05, 3.63) is 89.6 Å². The lowest BCUT2D eigenvalue weighted by Gasteiger charge is -2.28. The number of benzene rings is 3. The Morgan fingerprint density at radius 2 is 1.79 bits per heavy atom. The first-order valence-electron chi connectivity index (χ1n) is 11.1. The zero-order chi connectivity index (χ0) is 23.7. The van der Waals surface area contributed by atoms with Gasteiger partial charge >= 0.3 is 0 Å². The molecule has 7 nitrogen and oxygen atoms in total. The molecule has 1 aliphatic heterocycles. The van der Waals surface area contributed by atoms with Gasteiger partial charge < -0.3 is 24.7 Å². The minimum atomic E-state index is -0.802. The third-order valence-electron chi connectivity index (χ3n) is 6.08. The molecule has 0 saturated heterocycles. The molecule has 2 N–H and O–H groups in total. The highest BCUT2D eigenvalue weighted by molar-refractivity contribution is 5.99. The first-order valence-corrected chi connectivity index (χ1v) is 11.1. The highest BCUT2D eigenvalue weighted by atomic mass is 16.7. The van der Waals surface area contributed by atoms with Crippen LogP contribution in [-0.4, -0.2) is 35.5 Å². The smallest absolute Gasteiger partial charge is 0.251 e. The quantitative estimate of drug-likeness (QED) is 0.446. The number of nitrogens with zero attached hydrogens (tertiary/aromatic N) is 1. The predicted molar refractivity (Wildman–Crippen MR) is 130 cm³/mol. The van der Waals surface area contributed by atoms with Crippen LogP contribution in [0.25, 0.3) is 10.9 Å². The fourth-order valence-electron chi connectivity index (χ4n) is 4.19. The van der Waals surface area contributed by atoms with Crippen molar-refractivity contribution in [3.8, 4) is 11.5 Å². The van der Waals surface area contributed by atoms with E-state index in [2.05, 4.69) is 10.3 Å². The normalized spacial score (nSPS) is 13.0. The molecule has 1 atom stereocenters. The van der Waals surface area contributed by atoms with Gasteiger partial charge in [-0.15, -0.1) is 0 Å². The van der Waals surface area contributed by atoms with Gasteiger partial charge in [0.25, 0.3) is 5.91 Å². The molecule has 0 aliphatic carbocycles. The van der Waals surface area contributed by atoms with Crippen molar-refractivity contribution in [3.63, 3.8) is 0 Å². The molecule has 2 heterocycles. The summed E-state index contributed by atoms with van der Waals surface area (Å²) in [4.78, 5) is 31.5. The van der Waals surface area contributed by atoms with Crippen LogP contribution in [0.5, 0.6) is 11.5 Å². The molecule has 172 valence electrons. The summed E-state index contributed by atoms with van der Waals surface area (Å²) in [6, 6.07) is 19.9. The van der Waals surface area contributed by atoms with Gasteiger partial charge in [-0.05, 0) is 36.2 Å². The molecule has 2 amide bonds. The van der Waals surface area contributed by atoms with E-state index >= 15 is 0 Å². The molecule has 7 heteroatoms. The van der Waals surface area contributed by atoms with Gasteiger partial charge in [-0.2, -0.15) is 0 Å². The monoisotopic (exact) mass is 455 g/mol. The van der Waals surface area contributed by atoms with Crippen molar-refractivity contribution >= 4 is 28.4 Å². The second-order valence-electron chi connectivity index (χ2n) is 8.41. The molecule has 0 saturated carbocycles. The van der Waals surface area contributed by atoms with Crippen LogP contribution in [0.1, 0.15) is 22.7 Å². The number of hydrogen-bond donors (Lipinski definition) is 2. The summed E-state index contributed by atoms with van der Waals surface area (Å²) in [6.45, 7) is 2.14. The lowest BCUT2D eigenvalue weighted by atomic mass is 10.0. The Hall–Kier alpha value is -4.26. The van der Waals surface area contributed by atoms with E-state index in [1.807, 2.05) is 61.7 Å². The third kappa shape index (κ3) is 4.20. The first kappa shape index (κ1) is 21.6. The van der Waals surface area contributed by atoms with E-state index < -0.39 is 6.04 Å². The molecule has 1 aliphatic rings. The number of carbonyl (C=O) groups excluding carboxylic acids is 2. The Bertz CT molecular complexity index is 1360. The SMILES string of the molecule is Cc1ccc([C@H](C(=O)Nc2ccc3c(c2)OCO3)N(C)C(=O)Cc2c[nH]c3ccccc23)cc1. The zero-order valence-electron chi connectivity index (χ0n) is 19.0. The van der Waals surface area contributed by atoms with Crippen LogP contribution in [0.3, 0.4) is 0 Å². The van der Waals surface area contributed by atoms with Gasteiger partial charge in [0, 0.05) is 35.9 Å². The Balaban J connectivity index is 1.41. The van der Waals surface area contributed by atoms with Crippen LogP contribution >= 0.6 is 0 Å². The lowest BCUT2D eigenvalue weighted by molar-refractivity contribution is -0.136. The zero-order valence-corrected chi connectivity index (χ0v) is 19.0. The molecule has 0 unspecified atom stereocenters. The lowest BCUT2D eigenvalue weighted by Crippen LogP contribution is -2.39. The highest BCUT2D eigenvalue weighted by Crippen LogP contribution is 2.35. The molecule has 0 radical (unpaired) electrons. The second kappa shape index (κ2) is 8.94. The second-order valence-corrected chi connectivity index (χ2v) is 8.41. The maximum Gasteiger partial charge on any atom is 0.251 e. The summed E-state index contributed by atoms with van der Waals surface area (Å²) in [5, 5.41) is 3.94. The van der Waals surface area contributed by atoms with E-state index in [1.54, 1.807) is 25.2 Å². The fourth-order valence-corrected chi connectivity index (χ4v) is 4.19. The Labute approximate surface area is 197 Å². The maximum absolute atomic E-state index is 13.5. The fraction of sp³-hybridized carbons (Fsp3) is 0.185. The molecule has 0 spiro atoms. The van der Waals surface area contributed by atoms with Crippen LogP contribution in [0, 0.1) is 6.92 Å². The molecule has 5 rings (SSSR count). The number of fused-ring (bicyclic) bond motifs is 2. The molecule has 0 bridgehead atoms. The third-order valence-corrected chi connectivity index (χ3v) is 6.08. The van der Waals surface area contributed by atoms with E-state index in [0.29, 0.717) is 17.2 Å². The van der Waals surface area contributed by atoms with Crippen LogP contribution < -0.4 is 14.8 Å². The standard InChI is InChI=1S/C27H25N3O4/c1-17-7-9-18(10-8-17)26(27(32)29-20-11-12-23-24(14-20)34-16-33-23)30(2)25(31)13-19-15-28-22-6-4-3-5-21(19)22/h3-12,14-15,26,28H,13,16H2,1-2H3,(H,29,32)/t26-/m1/s1. The molecular formula is C27H25N3O4. The number of H-pyrrole nitrogens is 1. The van der Waals surface area contributed by atoms with Gasteiger partial charge in [0.05, 0.1) is 6.42 Å². The molecule has 34 heavy (non-hydrogen) atoms. The number of rotatable bonds is 6. The summed E-state index contributed by atoms with van der Waals surface area (Å²) in [7, 11) is 1.67. The van der Waals surface area contributed by atoms with Crippen molar-refractivity contribution in [1.82, 2.24) is 9.88 Å². The number of aromatic amines is 1. The van der Waals surface area contributed by atoms with Crippen LogP contribution in [0.15, 0.2) is 72.9 Å². The number of nitrogens with one attached hydrogen (secondary N) is 2. The number of ether oxygens (including phenoxy) is 2. The largest absolute Gasteiger partial charge is 0.454 e. The number of amides is 2. The minimum Gasteiger partial charge on any atom is -0.454 e. The van der Waals surface area contributed by atoms with Crippen molar-refractivity contribution in [2.75, 3.05) is 19.2 Å². The summed E-state index contributed by atoms with van der Waals surface area (Å²) >= 11 is 0. The number of anilines is 1. The number of carbonyl (C=O) groups is 2. The Morgan fingerprint density at radius 3 is 2.62 bits per heavy atom. The first-order chi connectivity index (χ1) is 16.5. The number of para-hydroxylation sites is 1. The van der Waals surface area contributed by atoms with Crippen molar-refractivity contribution in [2.45, 2.75) is 19.4 Å². The van der Waals surface area contributed by atoms with E-state index in [4.69, 9.17) is 9.47 Å². The van der Waals surface area contributed by atoms with Gasteiger partial charge in [0.2, 0.25) is 12.7 Å². The van der Waals surface area contributed by atoms with Crippen molar-refractivity contribution < 1.29 is 19.1 Å². The summed E-state index contributed by atoms with van der Waals surface area (Å²) in [5.41, 5.74) is 4.25. The predicted octanol–water partition coefficient (Wildman–Crippen LogP) is 4.59. The van der Waals surface area contributed by atoms with Crippen molar-refractivity contribution in [1.29, 1.82) is 0 Å². The van der Waals surface area contributed by atoms with Crippen LogP contribution in [0.4, 0.5) is 5.69 Å². The molecular weight excluding hydrogens is 430 g/mol. The van der Waals surface area contributed by atoms with Gasteiger partial charge in [-0.25, -0.2) is 0 Å². The van der Waals surface area contributed by atoms with Crippen LogP contribution in [0.2, 0.25) is 0 Å². The van der Waals surface area contributed by atoms with E-state index in [0.717, 1.165) is 27.6 Å². The Kier molecular flexibility index (Phi) is 5.67. The number of likely N-dealkylation sites (N-methyl/N-ethyl adjacent to an activating group) is 1. The number of hydrogen-bond acceptors (Lipinski definition) is 4. The van der Waals surface area contributed by atoms with Gasteiger partial charge in [0.15, 0.2) is 11.5 Å². The molecule has 1 aromatic heterocycles. The Morgan fingerprint density at radius 1 is 1.03 bits per heavy atom. The van der Waals surface area contributed by atoms with Crippen molar-refractivity contribution in [2.24, 2.45) is 0 Å². The summed E-state index contributed by atoms with van der Waals surface area (Å²) in [5.74, 6) is 0.751. The minimum absolute atomic E-state index is 0.156. The number of aromatic nitrogens is 1. The topological polar surface area (TPSA) is 83.7 Å². The maximum atomic E-state index is 13.5.